The molecule has 0 saturated carbocycles. The third kappa shape index (κ3) is 3.78. The number of oxazole rings is 1. The molecule has 4 nitrogen and oxygen atoms in total. The zero-order valence-corrected chi connectivity index (χ0v) is 11.1. The van der Waals surface area contributed by atoms with E-state index in [-0.39, 0.29) is 0 Å². The predicted octanol–water partition coefficient (Wildman–Crippen LogP) is 2.61. The molecule has 0 saturated heterocycles. The van der Waals surface area contributed by atoms with Gasteiger partial charge in [0.15, 0.2) is 0 Å². The third-order valence-electron chi connectivity index (χ3n) is 2.33. The van der Waals surface area contributed by atoms with Gasteiger partial charge in [-0.15, -0.1) is 0 Å². The van der Waals surface area contributed by atoms with Crippen LogP contribution in [0.5, 0.6) is 5.75 Å². The van der Waals surface area contributed by atoms with E-state index in [1.807, 2.05) is 31.2 Å². The summed E-state index contributed by atoms with van der Waals surface area (Å²) < 4.78 is 10.8. The molecule has 2 aromatic rings. The molecule has 96 valence electrons. The Morgan fingerprint density at radius 1 is 1.33 bits per heavy atom. The lowest BCUT2D eigenvalue weighted by atomic mass is 10.2. The number of ether oxygens (including phenoxy) is 1. The van der Waals surface area contributed by atoms with Crippen LogP contribution in [0.4, 0.5) is 0 Å². The molecule has 0 spiro atoms. The van der Waals surface area contributed by atoms with Crippen LogP contribution in [-0.2, 0) is 6.54 Å². The summed E-state index contributed by atoms with van der Waals surface area (Å²) in [6.07, 6.45) is 1.65. The Morgan fingerprint density at radius 3 is 2.72 bits per heavy atom. The van der Waals surface area contributed by atoms with Gasteiger partial charge in [-0.3, -0.25) is 0 Å². The fourth-order valence-electron chi connectivity index (χ4n) is 1.41. The van der Waals surface area contributed by atoms with Gasteiger partial charge >= 0.3 is 0 Å². The molecule has 1 aromatic heterocycles. The second-order valence-corrected chi connectivity index (χ2v) is 4.85. The molecule has 0 aliphatic carbocycles. The molecule has 0 aliphatic heterocycles. The summed E-state index contributed by atoms with van der Waals surface area (Å²) in [5, 5.41) is 0.689. The van der Waals surface area contributed by atoms with E-state index in [0.717, 1.165) is 22.8 Å². The van der Waals surface area contributed by atoms with E-state index in [1.54, 1.807) is 18.0 Å². The lowest BCUT2D eigenvalue weighted by molar-refractivity contribution is 0.343. The highest BCUT2D eigenvalue weighted by Gasteiger charge is 2.01. The van der Waals surface area contributed by atoms with E-state index in [4.69, 9.17) is 14.9 Å². The molecular formula is C13H16N2O2S. The number of rotatable bonds is 6. The first-order valence-electron chi connectivity index (χ1n) is 5.74. The van der Waals surface area contributed by atoms with Crippen molar-refractivity contribution < 1.29 is 9.15 Å². The van der Waals surface area contributed by atoms with Gasteiger partial charge in [-0.05, 0) is 24.6 Å². The van der Waals surface area contributed by atoms with Gasteiger partial charge in [-0.25, -0.2) is 4.98 Å². The lowest BCUT2D eigenvalue weighted by Crippen LogP contribution is -2.01. The lowest BCUT2D eigenvalue weighted by Gasteiger charge is -2.05. The van der Waals surface area contributed by atoms with Crippen LogP contribution < -0.4 is 10.5 Å². The highest BCUT2D eigenvalue weighted by Crippen LogP contribution is 2.17. The topological polar surface area (TPSA) is 61.3 Å². The van der Waals surface area contributed by atoms with Crippen molar-refractivity contribution in [3.8, 4) is 5.75 Å². The minimum atomic E-state index is 0.555. The second-order valence-electron chi connectivity index (χ2n) is 3.80. The van der Waals surface area contributed by atoms with Crippen molar-refractivity contribution in [2.24, 2.45) is 5.73 Å². The van der Waals surface area contributed by atoms with E-state index < -0.39 is 0 Å². The fourth-order valence-corrected chi connectivity index (χ4v) is 2.07. The van der Waals surface area contributed by atoms with Crippen molar-refractivity contribution in [3.63, 3.8) is 0 Å². The quantitative estimate of drug-likeness (QED) is 0.642. The third-order valence-corrected chi connectivity index (χ3v) is 3.14. The number of aromatic nitrogens is 1. The normalized spacial score (nSPS) is 10.6. The van der Waals surface area contributed by atoms with Gasteiger partial charge in [-0.2, -0.15) is 0 Å². The first kappa shape index (κ1) is 13.0. The number of hydrogen-bond acceptors (Lipinski definition) is 5. The van der Waals surface area contributed by atoms with E-state index in [2.05, 4.69) is 4.98 Å². The number of nitrogens with zero attached hydrogens (tertiary/aromatic N) is 1. The maximum atomic E-state index is 5.60. The number of thioether (sulfide) groups is 1. The molecule has 0 amide bonds. The molecule has 5 heteroatoms. The minimum absolute atomic E-state index is 0.555. The first-order valence-corrected chi connectivity index (χ1v) is 6.73. The van der Waals surface area contributed by atoms with Crippen LogP contribution in [-0.4, -0.2) is 17.3 Å². The van der Waals surface area contributed by atoms with Gasteiger partial charge in [0.2, 0.25) is 0 Å². The highest BCUT2D eigenvalue weighted by molar-refractivity contribution is 7.99. The summed E-state index contributed by atoms with van der Waals surface area (Å²) >= 11 is 1.55. The summed E-state index contributed by atoms with van der Waals surface area (Å²) in [6, 6.07) is 7.81. The molecular weight excluding hydrogens is 248 g/mol. The van der Waals surface area contributed by atoms with Crippen LogP contribution in [0.25, 0.3) is 0 Å². The van der Waals surface area contributed by atoms with Crippen molar-refractivity contribution >= 4 is 11.8 Å². The molecule has 0 atom stereocenters. The Labute approximate surface area is 111 Å². The summed E-state index contributed by atoms with van der Waals surface area (Å²) in [5.41, 5.74) is 7.53. The maximum absolute atomic E-state index is 5.60. The van der Waals surface area contributed by atoms with Crippen LogP contribution in [0, 0.1) is 6.92 Å². The molecule has 1 aromatic carbocycles. The van der Waals surface area contributed by atoms with Gasteiger partial charge in [0.05, 0.1) is 12.3 Å². The Bertz CT molecular complexity index is 482. The number of nitrogens with two attached hydrogens (primary N) is 1. The first-order chi connectivity index (χ1) is 8.78. The average Bonchev–Trinajstić information content (AvgIpc) is 2.81. The SMILES string of the molecule is Cc1coc(SCCOc2ccc(CN)cc2)n1. The van der Waals surface area contributed by atoms with Crippen LogP contribution in [0.2, 0.25) is 0 Å². The number of hydrogen-bond donors (Lipinski definition) is 1. The molecule has 0 aliphatic rings. The molecule has 2 rings (SSSR count). The summed E-state index contributed by atoms with van der Waals surface area (Å²) in [5.74, 6) is 1.66. The Kier molecular flexibility index (Phi) is 4.66. The molecule has 0 bridgehead atoms. The largest absolute Gasteiger partial charge is 0.493 e. The standard InChI is InChI=1S/C13H16N2O2S/c1-10-9-17-13(15-10)18-7-6-16-12-4-2-11(8-14)3-5-12/h2-5,9H,6-8,14H2,1H3. The Hall–Kier alpha value is -1.46. The van der Waals surface area contributed by atoms with E-state index in [1.165, 1.54) is 0 Å². The smallest absolute Gasteiger partial charge is 0.255 e. The molecule has 0 radical (unpaired) electrons. The summed E-state index contributed by atoms with van der Waals surface area (Å²) in [7, 11) is 0. The van der Waals surface area contributed by atoms with Crippen LogP contribution in [0.15, 0.2) is 40.2 Å². The van der Waals surface area contributed by atoms with Crippen molar-refractivity contribution in [2.45, 2.75) is 18.7 Å². The van der Waals surface area contributed by atoms with E-state index in [0.29, 0.717) is 18.4 Å². The minimum Gasteiger partial charge on any atom is -0.493 e. The molecule has 1 heterocycles. The molecule has 0 fully saturated rings. The van der Waals surface area contributed by atoms with Gasteiger partial charge in [0.1, 0.15) is 12.0 Å². The molecule has 18 heavy (non-hydrogen) atoms. The molecule has 0 unspecified atom stereocenters. The van der Waals surface area contributed by atoms with Crippen LogP contribution >= 0.6 is 11.8 Å². The molecule has 2 N–H and O–H groups in total. The predicted molar refractivity (Wildman–Crippen MR) is 71.8 cm³/mol. The van der Waals surface area contributed by atoms with Gasteiger partial charge in [0, 0.05) is 12.3 Å². The van der Waals surface area contributed by atoms with Crippen molar-refractivity contribution in [2.75, 3.05) is 12.4 Å². The van der Waals surface area contributed by atoms with Gasteiger partial charge in [-0.1, -0.05) is 23.9 Å². The number of benzene rings is 1. The van der Waals surface area contributed by atoms with E-state index >= 15 is 0 Å². The highest BCUT2D eigenvalue weighted by atomic mass is 32.2. The Morgan fingerprint density at radius 2 is 2.11 bits per heavy atom. The zero-order chi connectivity index (χ0) is 12.8. The van der Waals surface area contributed by atoms with E-state index in [9.17, 15) is 0 Å². The fraction of sp³-hybridized carbons (Fsp3) is 0.308. The zero-order valence-electron chi connectivity index (χ0n) is 10.3. The maximum Gasteiger partial charge on any atom is 0.255 e. The second kappa shape index (κ2) is 6.47. The average molecular weight is 264 g/mol. The van der Waals surface area contributed by atoms with Crippen LogP contribution in [0.3, 0.4) is 0 Å². The van der Waals surface area contributed by atoms with Crippen molar-refractivity contribution in [1.29, 1.82) is 0 Å². The summed E-state index contributed by atoms with van der Waals surface area (Å²) in [6.45, 7) is 3.08. The monoisotopic (exact) mass is 264 g/mol. The van der Waals surface area contributed by atoms with Crippen molar-refractivity contribution in [3.05, 3.63) is 41.8 Å². The van der Waals surface area contributed by atoms with Crippen LogP contribution in [0.1, 0.15) is 11.3 Å². The van der Waals surface area contributed by atoms with Crippen molar-refractivity contribution in [1.82, 2.24) is 4.98 Å². The summed E-state index contributed by atoms with van der Waals surface area (Å²) in [4.78, 5) is 4.20. The van der Waals surface area contributed by atoms with Gasteiger partial charge < -0.3 is 14.9 Å². The Balaban J connectivity index is 1.71. The number of aryl methyl sites for hydroxylation is 1. The van der Waals surface area contributed by atoms with Gasteiger partial charge in [0.25, 0.3) is 5.22 Å².